The van der Waals surface area contributed by atoms with Crippen molar-refractivity contribution in [2.45, 2.75) is 34.1 Å². The van der Waals surface area contributed by atoms with Crippen LogP contribution in [0.25, 0.3) is 5.82 Å². The van der Waals surface area contributed by atoms with E-state index >= 15 is 0 Å². The van der Waals surface area contributed by atoms with E-state index < -0.39 is 11.4 Å². The third-order valence-electron chi connectivity index (χ3n) is 5.22. The molecular weight excluding hydrogens is 396 g/mol. The van der Waals surface area contributed by atoms with Gasteiger partial charge in [0.05, 0.1) is 11.4 Å². The SMILES string of the molecule is Cc1cn(-c2cc(Oc3ccc(NC(=O)N4CCC(C)(C)C4=O)nc3C)ccn2)cn1. The van der Waals surface area contributed by atoms with Gasteiger partial charge >= 0.3 is 6.03 Å². The number of pyridine rings is 2. The lowest BCUT2D eigenvalue weighted by molar-refractivity contribution is -0.131. The van der Waals surface area contributed by atoms with Crippen molar-refractivity contribution in [2.75, 3.05) is 11.9 Å². The maximum absolute atomic E-state index is 12.5. The van der Waals surface area contributed by atoms with Crippen LogP contribution in [0, 0.1) is 19.3 Å². The molecule has 9 nitrogen and oxygen atoms in total. The predicted octanol–water partition coefficient (Wildman–Crippen LogP) is 3.86. The quantitative estimate of drug-likeness (QED) is 0.688. The number of aromatic nitrogens is 4. The number of hydrogen-bond acceptors (Lipinski definition) is 6. The lowest BCUT2D eigenvalue weighted by atomic mass is 9.92. The Bertz CT molecular complexity index is 1150. The van der Waals surface area contributed by atoms with Crippen molar-refractivity contribution in [3.63, 3.8) is 0 Å². The molecule has 4 rings (SSSR count). The van der Waals surface area contributed by atoms with Crippen LogP contribution in [0.1, 0.15) is 31.7 Å². The summed E-state index contributed by atoms with van der Waals surface area (Å²) in [6.07, 6.45) is 5.87. The highest BCUT2D eigenvalue weighted by Crippen LogP contribution is 2.31. The van der Waals surface area contributed by atoms with Crippen LogP contribution in [-0.2, 0) is 4.79 Å². The fourth-order valence-electron chi connectivity index (χ4n) is 3.34. The van der Waals surface area contributed by atoms with Crippen LogP contribution in [0.2, 0.25) is 0 Å². The highest BCUT2D eigenvalue weighted by molar-refractivity contribution is 6.03. The van der Waals surface area contributed by atoms with E-state index in [9.17, 15) is 9.59 Å². The van der Waals surface area contributed by atoms with Crippen molar-refractivity contribution in [3.8, 4) is 17.3 Å². The number of carbonyl (C=O) groups is 2. The number of anilines is 1. The number of likely N-dealkylation sites (tertiary alicyclic amines) is 1. The number of rotatable bonds is 4. The predicted molar refractivity (Wildman–Crippen MR) is 114 cm³/mol. The van der Waals surface area contributed by atoms with Gasteiger partial charge in [-0.25, -0.2) is 19.7 Å². The molecule has 1 saturated heterocycles. The zero-order valence-corrected chi connectivity index (χ0v) is 17.9. The highest BCUT2D eigenvalue weighted by Gasteiger charge is 2.41. The number of aryl methyl sites for hydroxylation is 2. The third kappa shape index (κ3) is 4.25. The molecular formula is C22H24N6O3. The number of imide groups is 1. The van der Waals surface area contributed by atoms with Crippen LogP contribution < -0.4 is 10.1 Å². The van der Waals surface area contributed by atoms with Crippen LogP contribution >= 0.6 is 0 Å². The molecule has 1 aliphatic heterocycles. The minimum Gasteiger partial charge on any atom is -0.455 e. The maximum atomic E-state index is 12.5. The largest absolute Gasteiger partial charge is 0.455 e. The molecule has 0 unspecified atom stereocenters. The van der Waals surface area contributed by atoms with E-state index in [2.05, 4.69) is 20.3 Å². The standard InChI is InChI=1S/C22H24N6O3/c1-14-12-27(13-24-14)19-11-16(7-9-23-19)31-17-5-6-18(25-15(17)2)26-21(30)28-10-8-22(3,4)20(28)29/h5-7,9,11-13H,8,10H2,1-4H3,(H,25,26,30). The number of carbonyl (C=O) groups excluding carboxylic acids is 2. The maximum Gasteiger partial charge on any atom is 0.329 e. The van der Waals surface area contributed by atoms with Crippen LogP contribution in [0.3, 0.4) is 0 Å². The topological polar surface area (TPSA) is 102 Å². The summed E-state index contributed by atoms with van der Waals surface area (Å²) in [6, 6.07) is 6.47. The Morgan fingerprint density at radius 1 is 1.19 bits per heavy atom. The lowest BCUT2D eigenvalue weighted by Gasteiger charge is -2.18. The number of amides is 3. The first kappa shape index (κ1) is 20.5. The number of nitrogens with zero attached hydrogens (tertiary/aromatic N) is 5. The third-order valence-corrected chi connectivity index (χ3v) is 5.22. The average Bonchev–Trinajstić information content (AvgIpc) is 3.27. The summed E-state index contributed by atoms with van der Waals surface area (Å²) >= 11 is 0. The molecule has 0 bridgehead atoms. The molecule has 0 saturated carbocycles. The van der Waals surface area contributed by atoms with Gasteiger partial charge in [-0.05, 0) is 38.5 Å². The van der Waals surface area contributed by atoms with Gasteiger partial charge in [0.25, 0.3) is 0 Å². The Hall–Kier alpha value is -3.75. The van der Waals surface area contributed by atoms with Crippen molar-refractivity contribution in [3.05, 3.63) is 54.4 Å². The van der Waals surface area contributed by atoms with E-state index in [0.29, 0.717) is 41.8 Å². The first-order chi connectivity index (χ1) is 14.7. The molecule has 0 aliphatic carbocycles. The first-order valence-corrected chi connectivity index (χ1v) is 9.98. The van der Waals surface area contributed by atoms with E-state index in [1.807, 2.05) is 31.5 Å². The summed E-state index contributed by atoms with van der Waals surface area (Å²) in [6.45, 7) is 7.78. The van der Waals surface area contributed by atoms with Gasteiger partial charge in [0.1, 0.15) is 29.5 Å². The lowest BCUT2D eigenvalue weighted by Crippen LogP contribution is -2.39. The molecule has 1 N–H and O–H groups in total. The molecule has 0 spiro atoms. The van der Waals surface area contributed by atoms with E-state index in [1.165, 1.54) is 4.90 Å². The number of imidazole rings is 1. The summed E-state index contributed by atoms with van der Waals surface area (Å²) in [7, 11) is 0. The summed E-state index contributed by atoms with van der Waals surface area (Å²) in [4.78, 5) is 39.0. The van der Waals surface area contributed by atoms with Crippen molar-refractivity contribution in [1.82, 2.24) is 24.4 Å². The fourth-order valence-corrected chi connectivity index (χ4v) is 3.34. The molecule has 4 heterocycles. The second-order valence-electron chi connectivity index (χ2n) is 8.17. The summed E-state index contributed by atoms with van der Waals surface area (Å²) in [5, 5.41) is 2.70. The average molecular weight is 420 g/mol. The first-order valence-electron chi connectivity index (χ1n) is 9.98. The smallest absolute Gasteiger partial charge is 0.329 e. The van der Waals surface area contributed by atoms with Crippen LogP contribution in [0.15, 0.2) is 43.0 Å². The zero-order valence-electron chi connectivity index (χ0n) is 17.9. The number of hydrogen-bond donors (Lipinski definition) is 1. The Balaban J connectivity index is 1.46. The Kier molecular flexibility index (Phi) is 5.18. The van der Waals surface area contributed by atoms with E-state index in [-0.39, 0.29) is 5.91 Å². The summed E-state index contributed by atoms with van der Waals surface area (Å²) in [5.41, 5.74) is 0.977. The van der Waals surface area contributed by atoms with Crippen molar-refractivity contribution >= 4 is 17.8 Å². The molecule has 31 heavy (non-hydrogen) atoms. The fraction of sp³-hybridized carbons (Fsp3) is 0.318. The van der Waals surface area contributed by atoms with E-state index in [4.69, 9.17) is 4.74 Å². The Labute approximate surface area is 180 Å². The second kappa shape index (κ2) is 7.82. The molecule has 3 aromatic rings. The van der Waals surface area contributed by atoms with Gasteiger partial charge in [0.2, 0.25) is 5.91 Å². The molecule has 160 valence electrons. The van der Waals surface area contributed by atoms with Gasteiger partial charge in [-0.15, -0.1) is 0 Å². The molecule has 9 heteroatoms. The molecule has 1 aliphatic rings. The Morgan fingerprint density at radius 3 is 2.65 bits per heavy atom. The highest BCUT2D eigenvalue weighted by atomic mass is 16.5. The van der Waals surface area contributed by atoms with Gasteiger partial charge < -0.3 is 4.74 Å². The molecule has 3 amide bonds. The van der Waals surface area contributed by atoms with Gasteiger partial charge in [-0.2, -0.15) is 0 Å². The molecule has 3 aromatic heterocycles. The van der Waals surface area contributed by atoms with Crippen molar-refractivity contribution < 1.29 is 14.3 Å². The minimum atomic E-state index is -0.517. The molecule has 0 radical (unpaired) electrons. The van der Waals surface area contributed by atoms with Gasteiger partial charge in [-0.1, -0.05) is 13.8 Å². The summed E-state index contributed by atoms with van der Waals surface area (Å²) < 4.78 is 7.78. The monoisotopic (exact) mass is 420 g/mol. The number of urea groups is 1. The van der Waals surface area contributed by atoms with Crippen LogP contribution in [0.5, 0.6) is 11.5 Å². The van der Waals surface area contributed by atoms with Gasteiger partial charge in [-0.3, -0.25) is 19.6 Å². The van der Waals surface area contributed by atoms with E-state index in [0.717, 1.165) is 5.69 Å². The summed E-state index contributed by atoms with van der Waals surface area (Å²) in [5.74, 6) is 2.02. The van der Waals surface area contributed by atoms with E-state index in [1.54, 1.807) is 43.7 Å². The molecule has 0 atom stereocenters. The number of nitrogens with one attached hydrogen (secondary N) is 1. The Morgan fingerprint density at radius 2 is 2.00 bits per heavy atom. The van der Waals surface area contributed by atoms with Crippen LogP contribution in [0.4, 0.5) is 10.6 Å². The van der Waals surface area contributed by atoms with Crippen LogP contribution in [-0.4, -0.2) is 42.9 Å². The van der Waals surface area contributed by atoms with Gasteiger partial charge in [0.15, 0.2) is 0 Å². The normalized spacial score (nSPS) is 15.2. The van der Waals surface area contributed by atoms with Gasteiger partial charge in [0, 0.05) is 30.4 Å². The molecule has 0 aromatic carbocycles. The minimum absolute atomic E-state index is 0.178. The zero-order chi connectivity index (χ0) is 22.2. The molecule has 1 fully saturated rings. The number of ether oxygens (including phenoxy) is 1. The second-order valence-corrected chi connectivity index (χ2v) is 8.17. The van der Waals surface area contributed by atoms with Crippen molar-refractivity contribution in [1.29, 1.82) is 0 Å². The van der Waals surface area contributed by atoms with Crippen molar-refractivity contribution in [2.24, 2.45) is 5.41 Å².